The van der Waals surface area contributed by atoms with Gasteiger partial charge in [-0.15, -0.1) is 0 Å². The molecule has 2 rings (SSSR count). The predicted molar refractivity (Wildman–Crippen MR) is 77.5 cm³/mol. The first kappa shape index (κ1) is 14.7. The van der Waals surface area contributed by atoms with Crippen LogP contribution in [0.2, 0.25) is 0 Å². The van der Waals surface area contributed by atoms with Crippen LogP contribution in [0.15, 0.2) is 16.9 Å². The SMILES string of the molecule is CCOCn1cc(NC(=O)c2c(Br)c(C)nn2C)cn1. The fraction of sp³-hybridized carbons (Fsp3) is 0.417. The van der Waals surface area contributed by atoms with Crippen LogP contribution in [-0.2, 0) is 18.5 Å². The number of anilines is 1. The van der Waals surface area contributed by atoms with E-state index in [9.17, 15) is 4.79 Å². The van der Waals surface area contributed by atoms with Crippen LogP contribution in [0.25, 0.3) is 0 Å². The number of carbonyl (C=O) groups excluding carboxylic acids is 1. The number of amides is 1. The van der Waals surface area contributed by atoms with Crippen LogP contribution in [-0.4, -0.2) is 32.1 Å². The van der Waals surface area contributed by atoms with Crippen molar-refractivity contribution in [3.05, 3.63) is 28.3 Å². The van der Waals surface area contributed by atoms with Gasteiger partial charge in [-0.25, -0.2) is 4.68 Å². The molecule has 1 amide bonds. The quantitative estimate of drug-likeness (QED) is 0.901. The summed E-state index contributed by atoms with van der Waals surface area (Å²) >= 11 is 3.37. The van der Waals surface area contributed by atoms with Crippen molar-refractivity contribution in [2.24, 2.45) is 7.05 Å². The summed E-state index contributed by atoms with van der Waals surface area (Å²) < 4.78 is 9.08. The number of hydrogen-bond donors (Lipinski definition) is 1. The van der Waals surface area contributed by atoms with Crippen LogP contribution in [0.1, 0.15) is 23.1 Å². The summed E-state index contributed by atoms with van der Waals surface area (Å²) in [5.41, 5.74) is 1.85. The average Bonchev–Trinajstić information content (AvgIpc) is 2.93. The van der Waals surface area contributed by atoms with Crippen LogP contribution >= 0.6 is 15.9 Å². The molecule has 0 unspecified atom stereocenters. The molecule has 20 heavy (non-hydrogen) atoms. The Balaban J connectivity index is 2.09. The van der Waals surface area contributed by atoms with E-state index in [0.29, 0.717) is 29.2 Å². The van der Waals surface area contributed by atoms with Crippen molar-refractivity contribution in [2.45, 2.75) is 20.6 Å². The van der Waals surface area contributed by atoms with E-state index in [1.807, 2.05) is 13.8 Å². The molecular weight excluding hydrogens is 326 g/mol. The van der Waals surface area contributed by atoms with Gasteiger partial charge in [-0.3, -0.25) is 9.48 Å². The Labute approximate surface area is 125 Å². The van der Waals surface area contributed by atoms with E-state index in [1.54, 1.807) is 28.8 Å². The number of hydrogen-bond acceptors (Lipinski definition) is 4. The van der Waals surface area contributed by atoms with Crippen LogP contribution in [0.5, 0.6) is 0 Å². The molecule has 0 radical (unpaired) electrons. The Morgan fingerprint density at radius 3 is 2.90 bits per heavy atom. The molecule has 2 aromatic heterocycles. The molecule has 2 heterocycles. The second-order valence-corrected chi connectivity index (χ2v) is 5.01. The summed E-state index contributed by atoms with van der Waals surface area (Å²) in [6, 6.07) is 0. The second-order valence-electron chi connectivity index (χ2n) is 4.22. The number of halogens is 1. The number of nitrogens with zero attached hydrogens (tertiary/aromatic N) is 4. The van der Waals surface area contributed by atoms with Crippen molar-refractivity contribution >= 4 is 27.5 Å². The van der Waals surface area contributed by atoms with Crippen molar-refractivity contribution < 1.29 is 9.53 Å². The first-order valence-electron chi connectivity index (χ1n) is 6.13. The maximum absolute atomic E-state index is 12.2. The highest BCUT2D eigenvalue weighted by Crippen LogP contribution is 2.21. The molecule has 0 fully saturated rings. The monoisotopic (exact) mass is 341 g/mol. The predicted octanol–water partition coefficient (Wildman–Crippen LogP) is 1.93. The fourth-order valence-corrected chi connectivity index (χ4v) is 2.27. The van der Waals surface area contributed by atoms with Gasteiger partial charge in [0.05, 0.1) is 28.2 Å². The van der Waals surface area contributed by atoms with Crippen LogP contribution in [0.4, 0.5) is 5.69 Å². The minimum atomic E-state index is -0.240. The molecule has 7 nitrogen and oxygen atoms in total. The summed E-state index contributed by atoms with van der Waals surface area (Å²) in [7, 11) is 1.73. The molecule has 0 atom stereocenters. The van der Waals surface area contributed by atoms with E-state index in [2.05, 4.69) is 31.4 Å². The molecule has 0 aliphatic heterocycles. The van der Waals surface area contributed by atoms with Gasteiger partial charge >= 0.3 is 0 Å². The molecule has 0 bridgehead atoms. The van der Waals surface area contributed by atoms with Crippen LogP contribution in [0, 0.1) is 6.92 Å². The standard InChI is InChI=1S/C12H16BrN5O2/c1-4-20-7-18-6-9(5-14-18)15-12(19)11-10(13)8(2)16-17(11)3/h5-6H,4,7H2,1-3H3,(H,15,19). The lowest BCUT2D eigenvalue weighted by Crippen LogP contribution is -2.16. The van der Waals surface area contributed by atoms with Crippen molar-refractivity contribution in [3.63, 3.8) is 0 Å². The normalized spacial score (nSPS) is 10.8. The zero-order chi connectivity index (χ0) is 14.7. The molecule has 2 aromatic rings. The number of carbonyl (C=O) groups is 1. The minimum absolute atomic E-state index is 0.240. The first-order valence-corrected chi connectivity index (χ1v) is 6.92. The summed E-state index contributed by atoms with van der Waals surface area (Å²) in [5.74, 6) is -0.240. The Morgan fingerprint density at radius 1 is 1.55 bits per heavy atom. The average molecular weight is 342 g/mol. The van der Waals surface area contributed by atoms with E-state index in [1.165, 1.54) is 0 Å². The smallest absolute Gasteiger partial charge is 0.275 e. The lowest BCUT2D eigenvalue weighted by atomic mass is 10.3. The number of rotatable bonds is 5. The van der Waals surface area contributed by atoms with E-state index >= 15 is 0 Å². The maximum atomic E-state index is 12.2. The molecule has 0 aliphatic carbocycles. The number of nitrogens with one attached hydrogen (secondary N) is 1. The Bertz CT molecular complexity index is 619. The second kappa shape index (κ2) is 6.19. The number of ether oxygens (including phenoxy) is 1. The van der Waals surface area contributed by atoms with E-state index in [4.69, 9.17) is 4.74 Å². The zero-order valence-corrected chi connectivity index (χ0v) is 13.1. The van der Waals surface area contributed by atoms with Gasteiger partial charge in [-0.1, -0.05) is 0 Å². The molecule has 108 valence electrons. The lowest BCUT2D eigenvalue weighted by Gasteiger charge is -2.03. The van der Waals surface area contributed by atoms with Crippen molar-refractivity contribution in [1.29, 1.82) is 0 Å². The van der Waals surface area contributed by atoms with Gasteiger partial charge in [0, 0.05) is 13.7 Å². The van der Waals surface area contributed by atoms with E-state index < -0.39 is 0 Å². The molecule has 0 aliphatic rings. The van der Waals surface area contributed by atoms with E-state index in [0.717, 1.165) is 5.69 Å². The zero-order valence-electron chi connectivity index (χ0n) is 11.6. The van der Waals surface area contributed by atoms with Gasteiger partial charge < -0.3 is 10.1 Å². The summed E-state index contributed by atoms with van der Waals surface area (Å²) in [6.07, 6.45) is 3.29. The fourth-order valence-electron chi connectivity index (χ4n) is 1.75. The Hall–Kier alpha value is -1.67. The van der Waals surface area contributed by atoms with Gasteiger partial charge in [0.25, 0.3) is 5.91 Å². The Morgan fingerprint density at radius 2 is 2.30 bits per heavy atom. The molecule has 0 aromatic carbocycles. The van der Waals surface area contributed by atoms with Crippen LogP contribution in [0.3, 0.4) is 0 Å². The van der Waals surface area contributed by atoms with Crippen molar-refractivity contribution in [1.82, 2.24) is 19.6 Å². The van der Waals surface area contributed by atoms with Crippen molar-refractivity contribution in [2.75, 3.05) is 11.9 Å². The van der Waals surface area contributed by atoms with Gasteiger partial charge in [-0.05, 0) is 29.8 Å². The minimum Gasteiger partial charge on any atom is -0.360 e. The third-order valence-electron chi connectivity index (χ3n) is 2.68. The maximum Gasteiger partial charge on any atom is 0.275 e. The van der Waals surface area contributed by atoms with Gasteiger partial charge in [0.2, 0.25) is 0 Å². The third kappa shape index (κ3) is 3.07. The highest BCUT2D eigenvalue weighted by atomic mass is 79.9. The molecule has 8 heteroatoms. The highest BCUT2D eigenvalue weighted by molar-refractivity contribution is 9.10. The molecule has 0 spiro atoms. The Kier molecular flexibility index (Phi) is 4.56. The highest BCUT2D eigenvalue weighted by Gasteiger charge is 2.18. The van der Waals surface area contributed by atoms with E-state index in [-0.39, 0.29) is 5.91 Å². The lowest BCUT2D eigenvalue weighted by molar-refractivity contribution is 0.0792. The third-order valence-corrected chi connectivity index (χ3v) is 3.63. The van der Waals surface area contributed by atoms with Gasteiger partial charge in [0.15, 0.2) is 0 Å². The van der Waals surface area contributed by atoms with Crippen LogP contribution < -0.4 is 5.32 Å². The van der Waals surface area contributed by atoms with Gasteiger partial charge in [-0.2, -0.15) is 10.2 Å². The van der Waals surface area contributed by atoms with Crippen molar-refractivity contribution in [3.8, 4) is 0 Å². The first-order chi connectivity index (χ1) is 9.52. The molecule has 1 N–H and O–H groups in total. The summed E-state index contributed by atoms with van der Waals surface area (Å²) in [5, 5.41) is 11.1. The number of aromatic nitrogens is 4. The number of aryl methyl sites for hydroxylation is 2. The molecular formula is C12H16BrN5O2. The molecule has 0 saturated heterocycles. The molecule has 0 saturated carbocycles. The van der Waals surface area contributed by atoms with Gasteiger partial charge in [0.1, 0.15) is 12.4 Å². The largest absolute Gasteiger partial charge is 0.360 e. The summed E-state index contributed by atoms with van der Waals surface area (Å²) in [4.78, 5) is 12.2. The topological polar surface area (TPSA) is 74.0 Å². The summed E-state index contributed by atoms with van der Waals surface area (Å²) in [6.45, 7) is 4.72.